The minimum atomic E-state index is 0.751. The van der Waals surface area contributed by atoms with Gasteiger partial charge in [-0.3, -0.25) is 4.98 Å². The van der Waals surface area contributed by atoms with Crippen molar-refractivity contribution in [2.45, 2.75) is 13.5 Å². The molecular formula is C16H15N3. The molecule has 94 valence electrons. The fraction of sp³-hybridized carbons (Fsp3) is 0.125. The zero-order valence-corrected chi connectivity index (χ0v) is 10.8. The quantitative estimate of drug-likeness (QED) is 0.771. The Labute approximate surface area is 112 Å². The Balaban J connectivity index is 1.88. The molecule has 0 aliphatic rings. The normalized spacial score (nSPS) is 10.6. The minimum Gasteiger partial charge on any atom is -0.364 e. The fourth-order valence-electron chi connectivity index (χ4n) is 2.21. The van der Waals surface area contributed by atoms with Crippen LogP contribution in [-0.2, 0) is 6.54 Å². The van der Waals surface area contributed by atoms with E-state index in [1.807, 2.05) is 6.92 Å². The summed E-state index contributed by atoms with van der Waals surface area (Å²) in [6.45, 7) is 2.71. The second-order valence-electron chi connectivity index (χ2n) is 4.48. The predicted octanol–water partition coefficient (Wildman–Crippen LogP) is 3.55. The summed E-state index contributed by atoms with van der Waals surface area (Å²) in [5.74, 6) is 0.843. The van der Waals surface area contributed by atoms with Gasteiger partial charge in [0, 0.05) is 18.9 Å². The van der Waals surface area contributed by atoms with Crippen LogP contribution in [0.15, 0.2) is 54.9 Å². The molecule has 2 aromatic carbocycles. The van der Waals surface area contributed by atoms with Crippen molar-refractivity contribution in [1.29, 1.82) is 0 Å². The summed E-state index contributed by atoms with van der Waals surface area (Å²) in [5.41, 5.74) is 2.19. The second kappa shape index (κ2) is 5.06. The average Bonchev–Trinajstić information content (AvgIpc) is 2.46. The summed E-state index contributed by atoms with van der Waals surface area (Å²) >= 11 is 0. The van der Waals surface area contributed by atoms with Crippen molar-refractivity contribution in [2.75, 3.05) is 5.32 Å². The number of aryl methyl sites for hydroxylation is 1. The molecule has 0 saturated carbocycles. The highest BCUT2D eigenvalue weighted by Crippen LogP contribution is 2.19. The lowest BCUT2D eigenvalue weighted by Gasteiger charge is -2.09. The number of aromatic nitrogens is 2. The first-order valence-corrected chi connectivity index (χ1v) is 6.33. The van der Waals surface area contributed by atoms with E-state index in [0.717, 1.165) is 18.1 Å². The number of rotatable bonds is 3. The fourth-order valence-corrected chi connectivity index (χ4v) is 2.21. The van der Waals surface area contributed by atoms with Gasteiger partial charge < -0.3 is 5.32 Å². The Morgan fingerprint density at radius 3 is 2.63 bits per heavy atom. The SMILES string of the molecule is Cc1nccnc1NCc1cccc2ccccc12. The Hall–Kier alpha value is -2.42. The second-order valence-corrected chi connectivity index (χ2v) is 4.48. The summed E-state index contributed by atoms with van der Waals surface area (Å²) in [6.07, 6.45) is 3.41. The molecular weight excluding hydrogens is 234 g/mol. The third-order valence-corrected chi connectivity index (χ3v) is 3.21. The van der Waals surface area contributed by atoms with Crippen LogP contribution in [0.3, 0.4) is 0 Å². The molecule has 1 aromatic heterocycles. The van der Waals surface area contributed by atoms with Crippen LogP contribution in [0.2, 0.25) is 0 Å². The molecule has 0 aliphatic heterocycles. The lowest BCUT2D eigenvalue weighted by Crippen LogP contribution is -2.04. The van der Waals surface area contributed by atoms with Crippen molar-refractivity contribution in [3.8, 4) is 0 Å². The van der Waals surface area contributed by atoms with E-state index >= 15 is 0 Å². The van der Waals surface area contributed by atoms with Crippen molar-refractivity contribution >= 4 is 16.6 Å². The summed E-state index contributed by atoms with van der Waals surface area (Å²) in [5, 5.41) is 5.89. The number of nitrogens with one attached hydrogen (secondary N) is 1. The van der Waals surface area contributed by atoms with E-state index in [-0.39, 0.29) is 0 Å². The first-order chi connectivity index (χ1) is 9.34. The molecule has 0 atom stereocenters. The highest BCUT2D eigenvalue weighted by Gasteiger charge is 2.02. The molecule has 3 aromatic rings. The Morgan fingerprint density at radius 1 is 0.947 bits per heavy atom. The smallest absolute Gasteiger partial charge is 0.147 e. The van der Waals surface area contributed by atoms with Gasteiger partial charge in [0.1, 0.15) is 5.82 Å². The molecule has 0 fully saturated rings. The molecule has 0 spiro atoms. The molecule has 0 saturated heterocycles. The summed E-state index contributed by atoms with van der Waals surface area (Å²) in [6, 6.07) is 14.8. The van der Waals surface area contributed by atoms with Crippen LogP contribution in [0.5, 0.6) is 0 Å². The Bertz CT molecular complexity index is 702. The maximum Gasteiger partial charge on any atom is 0.147 e. The zero-order chi connectivity index (χ0) is 13.1. The number of anilines is 1. The van der Waals surface area contributed by atoms with Gasteiger partial charge >= 0.3 is 0 Å². The highest BCUT2D eigenvalue weighted by molar-refractivity contribution is 5.85. The molecule has 3 rings (SSSR count). The third kappa shape index (κ3) is 2.40. The van der Waals surface area contributed by atoms with E-state index < -0.39 is 0 Å². The van der Waals surface area contributed by atoms with Crippen LogP contribution in [0.4, 0.5) is 5.82 Å². The number of nitrogens with zero attached hydrogens (tertiary/aromatic N) is 2. The standard InChI is InChI=1S/C16H15N3/c1-12-16(18-10-9-17-12)19-11-14-7-4-6-13-5-2-3-8-15(13)14/h2-10H,11H2,1H3,(H,18,19). The van der Waals surface area contributed by atoms with Gasteiger partial charge in [0.25, 0.3) is 0 Å². The van der Waals surface area contributed by atoms with Gasteiger partial charge in [0.15, 0.2) is 0 Å². The molecule has 19 heavy (non-hydrogen) atoms. The van der Waals surface area contributed by atoms with Gasteiger partial charge in [0.2, 0.25) is 0 Å². The first kappa shape index (κ1) is 11.7. The first-order valence-electron chi connectivity index (χ1n) is 6.33. The van der Waals surface area contributed by atoms with Crippen LogP contribution in [-0.4, -0.2) is 9.97 Å². The van der Waals surface area contributed by atoms with Crippen molar-refractivity contribution in [3.05, 3.63) is 66.1 Å². The number of fused-ring (bicyclic) bond motifs is 1. The molecule has 3 heteroatoms. The predicted molar refractivity (Wildman–Crippen MR) is 78.0 cm³/mol. The van der Waals surface area contributed by atoms with Crippen molar-refractivity contribution in [1.82, 2.24) is 9.97 Å². The molecule has 0 amide bonds. The van der Waals surface area contributed by atoms with Gasteiger partial charge in [-0.15, -0.1) is 0 Å². The number of hydrogen-bond donors (Lipinski definition) is 1. The van der Waals surface area contributed by atoms with Crippen molar-refractivity contribution in [2.24, 2.45) is 0 Å². The van der Waals surface area contributed by atoms with Gasteiger partial charge in [-0.1, -0.05) is 42.5 Å². The van der Waals surface area contributed by atoms with Crippen LogP contribution >= 0.6 is 0 Å². The Kier molecular flexibility index (Phi) is 3.11. The zero-order valence-electron chi connectivity index (χ0n) is 10.8. The van der Waals surface area contributed by atoms with Gasteiger partial charge in [-0.05, 0) is 23.3 Å². The molecule has 0 unspecified atom stereocenters. The van der Waals surface area contributed by atoms with Crippen molar-refractivity contribution in [3.63, 3.8) is 0 Å². The number of benzene rings is 2. The largest absolute Gasteiger partial charge is 0.364 e. The third-order valence-electron chi connectivity index (χ3n) is 3.21. The summed E-state index contributed by atoms with van der Waals surface area (Å²) in [4.78, 5) is 8.53. The molecule has 1 N–H and O–H groups in total. The topological polar surface area (TPSA) is 37.8 Å². The molecule has 1 heterocycles. The van der Waals surface area contributed by atoms with E-state index in [2.05, 4.69) is 57.7 Å². The van der Waals surface area contributed by atoms with Crippen LogP contribution in [0.1, 0.15) is 11.3 Å². The maximum atomic E-state index is 4.30. The van der Waals surface area contributed by atoms with Crippen molar-refractivity contribution < 1.29 is 0 Å². The maximum absolute atomic E-state index is 4.30. The van der Waals surface area contributed by atoms with Crippen LogP contribution in [0, 0.1) is 6.92 Å². The van der Waals surface area contributed by atoms with Crippen LogP contribution < -0.4 is 5.32 Å². The van der Waals surface area contributed by atoms with E-state index in [4.69, 9.17) is 0 Å². The van der Waals surface area contributed by atoms with Gasteiger partial charge in [-0.25, -0.2) is 4.98 Å². The molecule has 0 radical (unpaired) electrons. The molecule has 0 aliphatic carbocycles. The average molecular weight is 249 g/mol. The number of hydrogen-bond acceptors (Lipinski definition) is 3. The van der Waals surface area contributed by atoms with E-state index in [9.17, 15) is 0 Å². The molecule has 0 bridgehead atoms. The minimum absolute atomic E-state index is 0.751. The van der Waals surface area contributed by atoms with E-state index in [0.29, 0.717) is 0 Å². The van der Waals surface area contributed by atoms with E-state index in [1.54, 1.807) is 12.4 Å². The lowest BCUT2D eigenvalue weighted by molar-refractivity contribution is 1.06. The summed E-state index contributed by atoms with van der Waals surface area (Å²) in [7, 11) is 0. The molecule has 3 nitrogen and oxygen atoms in total. The summed E-state index contributed by atoms with van der Waals surface area (Å²) < 4.78 is 0. The highest BCUT2D eigenvalue weighted by atomic mass is 15.0. The van der Waals surface area contributed by atoms with Crippen LogP contribution in [0.25, 0.3) is 10.8 Å². The van der Waals surface area contributed by atoms with Gasteiger partial charge in [0.05, 0.1) is 5.69 Å². The van der Waals surface area contributed by atoms with Gasteiger partial charge in [-0.2, -0.15) is 0 Å². The monoisotopic (exact) mass is 249 g/mol. The lowest BCUT2D eigenvalue weighted by atomic mass is 10.0. The van der Waals surface area contributed by atoms with E-state index in [1.165, 1.54) is 16.3 Å². The Morgan fingerprint density at radius 2 is 1.74 bits per heavy atom.